The van der Waals surface area contributed by atoms with Gasteiger partial charge in [-0.15, -0.1) is 0 Å². The van der Waals surface area contributed by atoms with Gasteiger partial charge < -0.3 is 15.1 Å². The Morgan fingerprint density at radius 1 is 0.931 bits per heavy atom. The number of carbonyl (C=O) groups excluding carboxylic acids is 3. The Morgan fingerprint density at radius 2 is 1.66 bits per heavy atom. The van der Waals surface area contributed by atoms with Gasteiger partial charge >= 0.3 is 0 Å². The van der Waals surface area contributed by atoms with Crippen LogP contribution in [0.1, 0.15) is 91.4 Å². The van der Waals surface area contributed by atoms with Gasteiger partial charge in [-0.1, -0.05) is 40.0 Å². The fourth-order valence-electron chi connectivity index (χ4n) is 3.93. The zero-order valence-corrected chi connectivity index (χ0v) is 19.0. The van der Waals surface area contributed by atoms with Crippen LogP contribution in [0.4, 0.5) is 0 Å². The molecule has 0 spiro atoms. The fraction of sp³-hybridized carbons (Fsp3) is 0.870. The summed E-state index contributed by atoms with van der Waals surface area (Å²) in [6.07, 6.45) is 9.63. The molecule has 1 aliphatic heterocycles. The minimum Gasteiger partial charge on any atom is -0.356 e. The Bertz CT molecular complexity index is 490. The first-order valence-electron chi connectivity index (χ1n) is 11.9. The highest BCUT2D eigenvalue weighted by molar-refractivity contribution is 5.82. The molecular weight excluding hydrogens is 366 g/mol. The van der Waals surface area contributed by atoms with Crippen molar-refractivity contribution in [3.63, 3.8) is 0 Å². The van der Waals surface area contributed by atoms with Gasteiger partial charge in [0.25, 0.3) is 0 Å². The van der Waals surface area contributed by atoms with Crippen molar-refractivity contribution in [1.29, 1.82) is 0 Å². The monoisotopic (exact) mass is 409 g/mol. The Balaban J connectivity index is 2.33. The van der Waals surface area contributed by atoms with Gasteiger partial charge in [0, 0.05) is 45.6 Å². The molecule has 1 atom stereocenters. The van der Waals surface area contributed by atoms with E-state index in [0.29, 0.717) is 25.8 Å². The molecule has 1 saturated heterocycles. The number of hydrogen-bond donors (Lipinski definition) is 1. The van der Waals surface area contributed by atoms with E-state index < -0.39 is 0 Å². The number of likely N-dealkylation sites (tertiary alicyclic amines) is 1. The second-order valence-corrected chi connectivity index (χ2v) is 8.26. The number of carbonyl (C=O) groups is 3. The maximum absolute atomic E-state index is 12.6. The molecular formula is C23H43N3O3. The van der Waals surface area contributed by atoms with Crippen LogP contribution in [0.3, 0.4) is 0 Å². The second-order valence-electron chi connectivity index (χ2n) is 8.26. The molecule has 0 aromatic carbocycles. The van der Waals surface area contributed by atoms with E-state index in [1.165, 1.54) is 12.8 Å². The highest BCUT2D eigenvalue weighted by Gasteiger charge is 2.28. The zero-order chi connectivity index (χ0) is 21.5. The first-order chi connectivity index (χ1) is 14.0. The predicted molar refractivity (Wildman–Crippen MR) is 117 cm³/mol. The van der Waals surface area contributed by atoms with Crippen LogP contribution in [-0.4, -0.2) is 60.2 Å². The van der Waals surface area contributed by atoms with Crippen molar-refractivity contribution < 1.29 is 14.4 Å². The average molecular weight is 410 g/mol. The Labute approximate surface area is 177 Å². The van der Waals surface area contributed by atoms with E-state index in [1.54, 1.807) is 0 Å². The lowest BCUT2D eigenvalue weighted by Gasteiger charge is -2.32. The molecule has 3 amide bonds. The summed E-state index contributed by atoms with van der Waals surface area (Å²) < 4.78 is 0. The quantitative estimate of drug-likeness (QED) is 0.444. The lowest BCUT2D eigenvalue weighted by Crippen LogP contribution is -2.45. The van der Waals surface area contributed by atoms with Crippen LogP contribution >= 0.6 is 0 Å². The minimum absolute atomic E-state index is 0.0794. The first kappa shape index (κ1) is 25.4. The molecule has 1 unspecified atom stereocenters. The first-order valence-corrected chi connectivity index (χ1v) is 11.9. The van der Waals surface area contributed by atoms with Crippen LogP contribution in [0.5, 0.6) is 0 Å². The van der Waals surface area contributed by atoms with Crippen molar-refractivity contribution in [3.8, 4) is 0 Å². The number of rotatable bonds is 14. The van der Waals surface area contributed by atoms with E-state index >= 15 is 0 Å². The Hall–Kier alpha value is -1.59. The largest absolute Gasteiger partial charge is 0.356 e. The molecule has 1 N–H and O–H groups in total. The van der Waals surface area contributed by atoms with E-state index in [-0.39, 0.29) is 23.6 Å². The molecule has 1 aliphatic rings. The summed E-state index contributed by atoms with van der Waals surface area (Å²) in [5, 5.41) is 3.04. The molecule has 6 nitrogen and oxygen atoms in total. The lowest BCUT2D eigenvalue weighted by atomic mass is 9.96. The normalized spacial score (nSPS) is 16.5. The molecule has 0 aromatic heterocycles. The molecule has 1 rings (SSSR count). The summed E-state index contributed by atoms with van der Waals surface area (Å²) in [5.74, 6) is 0.227. The molecule has 0 saturated carbocycles. The third kappa shape index (κ3) is 10.1. The maximum atomic E-state index is 12.6. The standard InChI is InChI=1S/C23H43N3O3/c1-4-7-8-9-15-24-23(29)20-12-11-18-26(19-20)22(28)14-10-13-21(27)25(16-5-2)17-6-3/h20H,4-19H2,1-3H3,(H,24,29). The van der Waals surface area contributed by atoms with Gasteiger partial charge in [0.1, 0.15) is 0 Å². The van der Waals surface area contributed by atoms with Crippen molar-refractivity contribution >= 4 is 17.7 Å². The minimum atomic E-state index is -0.0925. The van der Waals surface area contributed by atoms with Crippen molar-refractivity contribution in [2.45, 2.75) is 91.4 Å². The molecule has 0 aliphatic carbocycles. The second kappa shape index (κ2) is 15.3. The van der Waals surface area contributed by atoms with E-state index in [1.807, 2.05) is 9.80 Å². The van der Waals surface area contributed by atoms with E-state index in [2.05, 4.69) is 26.1 Å². The maximum Gasteiger partial charge on any atom is 0.224 e. The van der Waals surface area contributed by atoms with Crippen LogP contribution in [0, 0.1) is 5.92 Å². The van der Waals surface area contributed by atoms with E-state index in [0.717, 1.165) is 64.7 Å². The van der Waals surface area contributed by atoms with Gasteiger partial charge in [-0.2, -0.15) is 0 Å². The third-order valence-corrected chi connectivity index (χ3v) is 5.60. The smallest absolute Gasteiger partial charge is 0.224 e. The van der Waals surface area contributed by atoms with Gasteiger partial charge in [0.15, 0.2) is 0 Å². The van der Waals surface area contributed by atoms with Crippen LogP contribution in [-0.2, 0) is 14.4 Å². The summed E-state index contributed by atoms with van der Waals surface area (Å²) in [4.78, 5) is 41.0. The summed E-state index contributed by atoms with van der Waals surface area (Å²) in [5.41, 5.74) is 0. The van der Waals surface area contributed by atoms with Crippen molar-refractivity contribution in [2.24, 2.45) is 5.92 Å². The van der Waals surface area contributed by atoms with Crippen molar-refractivity contribution in [1.82, 2.24) is 15.1 Å². The number of piperidine rings is 1. The molecule has 0 aromatic rings. The average Bonchev–Trinajstić information content (AvgIpc) is 2.73. The molecule has 0 bridgehead atoms. The number of hydrogen-bond acceptors (Lipinski definition) is 3. The molecule has 29 heavy (non-hydrogen) atoms. The van der Waals surface area contributed by atoms with E-state index in [9.17, 15) is 14.4 Å². The van der Waals surface area contributed by atoms with Crippen LogP contribution in [0.2, 0.25) is 0 Å². The van der Waals surface area contributed by atoms with Gasteiger partial charge in [-0.25, -0.2) is 0 Å². The van der Waals surface area contributed by atoms with Crippen LogP contribution in [0.25, 0.3) is 0 Å². The topological polar surface area (TPSA) is 69.7 Å². The Morgan fingerprint density at radius 3 is 2.31 bits per heavy atom. The highest BCUT2D eigenvalue weighted by atomic mass is 16.2. The van der Waals surface area contributed by atoms with E-state index in [4.69, 9.17) is 0 Å². The third-order valence-electron chi connectivity index (χ3n) is 5.60. The van der Waals surface area contributed by atoms with Crippen molar-refractivity contribution in [2.75, 3.05) is 32.7 Å². The SMILES string of the molecule is CCCCCCNC(=O)C1CCCN(C(=O)CCCC(=O)N(CCC)CCC)C1. The summed E-state index contributed by atoms with van der Waals surface area (Å²) in [7, 11) is 0. The van der Waals surface area contributed by atoms with Gasteiger partial charge in [0.2, 0.25) is 17.7 Å². The fourth-order valence-corrected chi connectivity index (χ4v) is 3.93. The molecule has 0 radical (unpaired) electrons. The summed E-state index contributed by atoms with van der Waals surface area (Å²) in [6, 6.07) is 0. The lowest BCUT2D eigenvalue weighted by molar-refractivity contribution is -0.136. The van der Waals surface area contributed by atoms with Crippen molar-refractivity contribution in [3.05, 3.63) is 0 Å². The van der Waals surface area contributed by atoms with Gasteiger partial charge in [-0.3, -0.25) is 14.4 Å². The van der Waals surface area contributed by atoms with Crippen LogP contribution in [0.15, 0.2) is 0 Å². The molecule has 1 heterocycles. The van der Waals surface area contributed by atoms with Crippen LogP contribution < -0.4 is 5.32 Å². The predicted octanol–water partition coefficient (Wildman–Crippen LogP) is 3.74. The number of nitrogens with one attached hydrogen (secondary N) is 1. The molecule has 168 valence electrons. The Kier molecular flexibility index (Phi) is 13.4. The number of amides is 3. The highest BCUT2D eigenvalue weighted by Crippen LogP contribution is 2.18. The summed E-state index contributed by atoms with van der Waals surface area (Å²) in [6.45, 7) is 9.90. The number of unbranched alkanes of at least 4 members (excludes halogenated alkanes) is 3. The molecule has 6 heteroatoms. The summed E-state index contributed by atoms with van der Waals surface area (Å²) >= 11 is 0. The zero-order valence-electron chi connectivity index (χ0n) is 19.0. The number of nitrogens with zero attached hydrogens (tertiary/aromatic N) is 2. The van der Waals surface area contributed by atoms with Gasteiger partial charge in [0.05, 0.1) is 5.92 Å². The van der Waals surface area contributed by atoms with Gasteiger partial charge in [-0.05, 0) is 38.5 Å². The molecule has 1 fully saturated rings.